The number of aromatic nitrogens is 2. The number of hydrogen-bond acceptors (Lipinski definition) is 5. The summed E-state index contributed by atoms with van der Waals surface area (Å²) in [4.78, 5) is 8.49. The fourth-order valence-corrected chi connectivity index (χ4v) is 2.49. The fraction of sp³-hybridized carbons (Fsp3) is 0.158. The Morgan fingerprint density at radius 2 is 1.80 bits per heavy atom. The molecule has 3 aromatic rings. The second-order valence-electron chi connectivity index (χ2n) is 5.45. The monoisotopic (exact) mass is 354 g/mol. The molecule has 2 N–H and O–H groups in total. The molecule has 0 saturated carbocycles. The number of nitrogens with one attached hydrogen (secondary N) is 2. The summed E-state index contributed by atoms with van der Waals surface area (Å²) in [5.74, 6) is 2.37. The molecular weight excluding hydrogens is 336 g/mol. The van der Waals surface area contributed by atoms with Crippen LogP contribution in [0.15, 0.2) is 60.9 Å². The summed E-state index contributed by atoms with van der Waals surface area (Å²) in [6.45, 7) is 0.768. The van der Waals surface area contributed by atoms with Crippen LogP contribution in [-0.4, -0.2) is 23.6 Å². The molecule has 128 valence electrons. The summed E-state index contributed by atoms with van der Waals surface area (Å²) in [5, 5.41) is 7.24. The maximum absolute atomic E-state index is 5.90. The van der Waals surface area contributed by atoms with Crippen LogP contribution in [-0.2, 0) is 6.42 Å². The fourth-order valence-electron chi connectivity index (χ4n) is 2.37. The van der Waals surface area contributed by atoms with Gasteiger partial charge in [-0.15, -0.1) is 0 Å². The van der Waals surface area contributed by atoms with Crippen molar-refractivity contribution in [2.45, 2.75) is 6.42 Å². The Labute approximate surface area is 152 Å². The number of rotatable bonds is 7. The smallest absolute Gasteiger partial charge is 0.135 e. The molecule has 0 radical (unpaired) electrons. The predicted molar refractivity (Wildman–Crippen MR) is 102 cm³/mol. The molecule has 5 nitrogen and oxygen atoms in total. The Bertz CT molecular complexity index is 824. The van der Waals surface area contributed by atoms with Gasteiger partial charge in [0.25, 0.3) is 0 Å². The van der Waals surface area contributed by atoms with Gasteiger partial charge >= 0.3 is 0 Å². The molecule has 0 bridgehead atoms. The lowest BCUT2D eigenvalue weighted by Gasteiger charge is -2.09. The van der Waals surface area contributed by atoms with Crippen LogP contribution in [0.2, 0.25) is 5.02 Å². The van der Waals surface area contributed by atoms with Gasteiger partial charge in [0, 0.05) is 23.3 Å². The molecule has 0 aliphatic heterocycles. The largest absolute Gasteiger partial charge is 0.497 e. The number of anilines is 3. The molecule has 6 heteroatoms. The number of methoxy groups -OCH3 is 1. The van der Waals surface area contributed by atoms with E-state index in [9.17, 15) is 0 Å². The van der Waals surface area contributed by atoms with Gasteiger partial charge < -0.3 is 15.4 Å². The summed E-state index contributed by atoms with van der Waals surface area (Å²) in [6.07, 6.45) is 2.41. The molecule has 3 rings (SSSR count). The quantitative estimate of drug-likeness (QED) is 0.652. The van der Waals surface area contributed by atoms with Crippen LogP contribution in [0.25, 0.3) is 0 Å². The van der Waals surface area contributed by atoms with E-state index in [-0.39, 0.29) is 0 Å². The molecular formula is C19H19ClN4O. The summed E-state index contributed by atoms with van der Waals surface area (Å²) in [5.41, 5.74) is 2.13. The van der Waals surface area contributed by atoms with Crippen molar-refractivity contribution in [3.63, 3.8) is 0 Å². The minimum atomic E-state index is 0.702. The highest BCUT2D eigenvalue weighted by atomic mass is 35.5. The van der Waals surface area contributed by atoms with Crippen LogP contribution in [0, 0.1) is 0 Å². The predicted octanol–water partition coefficient (Wildman–Crippen LogP) is 4.54. The van der Waals surface area contributed by atoms with E-state index in [2.05, 4.69) is 26.7 Å². The van der Waals surface area contributed by atoms with Crippen molar-refractivity contribution in [2.75, 3.05) is 24.3 Å². The molecule has 0 aliphatic carbocycles. The van der Waals surface area contributed by atoms with Crippen LogP contribution in [0.3, 0.4) is 0 Å². The number of ether oxygens (including phenoxy) is 1. The van der Waals surface area contributed by atoms with Crippen molar-refractivity contribution >= 4 is 28.9 Å². The van der Waals surface area contributed by atoms with Gasteiger partial charge in [-0.05, 0) is 48.4 Å². The van der Waals surface area contributed by atoms with E-state index in [4.69, 9.17) is 16.3 Å². The van der Waals surface area contributed by atoms with E-state index < -0.39 is 0 Å². The van der Waals surface area contributed by atoms with E-state index in [1.165, 1.54) is 11.9 Å². The standard InChI is InChI=1S/C19H19ClN4O/c1-25-17-4-2-3-14(11-17)9-10-21-18-12-19(23-13-22-18)24-16-7-5-15(20)6-8-16/h2-8,11-13H,9-10H2,1H3,(H2,21,22,23,24). The average Bonchev–Trinajstić information content (AvgIpc) is 2.64. The Morgan fingerprint density at radius 3 is 2.60 bits per heavy atom. The van der Waals surface area contributed by atoms with Crippen LogP contribution >= 0.6 is 11.6 Å². The molecule has 0 saturated heterocycles. The van der Waals surface area contributed by atoms with Crippen molar-refractivity contribution in [3.05, 3.63) is 71.5 Å². The highest BCUT2D eigenvalue weighted by molar-refractivity contribution is 6.30. The van der Waals surface area contributed by atoms with Crippen molar-refractivity contribution in [3.8, 4) is 5.75 Å². The molecule has 0 unspecified atom stereocenters. The molecule has 0 spiro atoms. The van der Waals surface area contributed by atoms with Crippen LogP contribution in [0.4, 0.5) is 17.3 Å². The Balaban J connectivity index is 1.57. The average molecular weight is 355 g/mol. The third-order valence-electron chi connectivity index (χ3n) is 3.64. The Hall–Kier alpha value is -2.79. The van der Waals surface area contributed by atoms with Gasteiger partial charge in [-0.3, -0.25) is 0 Å². The summed E-state index contributed by atoms with van der Waals surface area (Å²) in [6, 6.07) is 17.4. The zero-order valence-corrected chi connectivity index (χ0v) is 14.6. The van der Waals surface area contributed by atoms with E-state index in [1.807, 2.05) is 48.5 Å². The first kappa shape index (κ1) is 17.0. The summed E-state index contributed by atoms with van der Waals surface area (Å²) < 4.78 is 5.24. The first-order valence-electron chi connectivity index (χ1n) is 7.94. The molecule has 1 heterocycles. The van der Waals surface area contributed by atoms with Crippen molar-refractivity contribution in [1.82, 2.24) is 9.97 Å². The highest BCUT2D eigenvalue weighted by Gasteiger charge is 2.01. The molecule has 0 amide bonds. The van der Waals surface area contributed by atoms with Crippen LogP contribution in [0.5, 0.6) is 5.75 Å². The third kappa shape index (κ3) is 5.09. The SMILES string of the molecule is COc1cccc(CCNc2cc(Nc3ccc(Cl)cc3)ncn2)c1. The summed E-state index contributed by atoms with van der Waals surface area (Å²) >= 11 is 5.90. The molecule has 25 heavy (non-hydrogen) atoms. The van der Waals surface area contributed by atoms with E-state index in [1.54, 1.807) is 7.11 Å². The minimum absolute atomic E-state index is 0.702. The number of benzene rings is 2. The molecule has 1 aromatic heterocycles. The van der Waals surface area contributed by atoms with E-state index >= 15 is 0 Å². The lowest BCUT2D eigenvalue weighted by molar-refractivity contribution is 0.414. The lowest BCUT2D eigenvalue weighted by atomic mass is 10.1. The van der Waals surface area contributed by atoms with Crippen LogP contribution in [0.1, 0.15) is 5.56 Å². The number of hydrogen-bond donors (Lipinski definition) is 2. The zero-order chi connectivity index (χ0) is 17.5. The Morgan fingerprint density at radius 1 is 1.00 bits per heavy atom. The highest BCUT2D eigenvalue weighted by Crippen LogP contribution is 2.19. The minimum Gasteiger partial charge on any atom is -0.497 e. The Kier molecular flexibility index (Phi) is 5.69. The van der Waals surface area contributed by atoms with Gasteiger partial charge in [0.1, 0.15) is 23.7 Å². The summed E-state index contributed by atoms with van der Waals surface area (Å²) in [7, 11) is 1.67. The van der Waals surface area contributed by atoms with Gasteiger partial charge in [0.2, 0.25) is 0 Å². The molecule has 0 fully saturated rings. The van der Waals surface area contributed by atoms with Crippen LogP contribution < -0.4 is 15.4 Å². The second-order valence-corrected chi connectivity index (χ2v) is 5.89. The van der Waals surface area contributed by atoms with Gasteiger partial charge in [-0.25, -0.2) is 9.97 Å². The van der Waals surface area contributed by atoms with Gasteiger partial charge in [0.15, 0.2) is 0 Å². The molecule has 2 aromatic carbocycles. The van der Waals surface area contributed by atoms with Crippen molar-refractivity contribution in [1.29, 1.82) is 0 Å². The van der Waals surface area contributed by atoms with E-state index in [0.29, 0.717) is 5.02 Å². The first-order valence-corrected chi connectivity index (χ1v) is 8.32. The van der Waals surface area contributed by atoms with Gasteiger partial charge in [-0.1, -0.05) is 23.7 Å². The van der Waals surface area contributed by atoms with E-state index in [0.717, 1.165) is 36.0 Å². The lowest BCUT2D eigenvalue weighted by Crippen LogP contribution is -2.07. The molecule has 0 atom stereocenters. The maximum atomic E-state index is 5.90. The zero-order valence-electron chi connectivity index (χ0n) is 13.9. The number of halogens is 1. The van der Waals surface area contributed by atoms with Gasteiger partial charge in [0.05, 0.1) is 7.11 Å². The van der Waals surface area contributed by atoms with Crippen molar-refractivity contribution in [2.24, 2.45) is 0 Å². The topological polar surface area (TPSA) is 59.1 Å². The number of nitrogens with zero attached hydrogens (tertiary/aromatic N) is 2. The maximum Gasteiger partial charge on any atom is 0.135 e. The normalized spacial score (nSPS) is 10.3. The second kappa shape index (κ2) is 8.35. The third-order valence-corrected chi connectivity index (χ3v) is 3.89. The first-order chi connectivity index (χ1) is 12.2. The van der Waals surface area contributed by atoms with Gasteiger partial charge in [-0.2, -0.15) is 0 Å². The van der Waals surface area contributed by atoms with Crippen molar-refractivity contribution < 1.29 is 4.74 Å². The molecule has 0 aliphatic rings.